The van der Waals surface area contributed by atoms with Crippen molar-refractivity contribution in [3.8, 4) is 0 Å². The Hall–Kier alpha value is -2.18. The van der Waals surface area contributed by atoms with Gasteiger partial charge in [-0.1, -0.05) is 256 Å². The molecular weight excluding hydrogens is 803 g/mol. The molecule has 0 heterocycles. The second-order valence-electron chi connectivity index (χ2n) is 19.4. The van der Waals surface area contributed by atoms with Gasteiger partial charge in [0.1, 0.15) is 6.10 Å². The summed E-state index contributed by atoms with van der Waals surface area (Å²) in [4.78, 5) is 26.2. The Balaban J connectivity index is 4.62. The second kappa shape index (κ2) is 52.8. The number of carbonyl (C=O) groups is 2. The van der Waals surface area contributed by atoms with E-state index in [1.54, 1.807) is 0 Å². The number of rotatable bonds is 51. The first-order chi connectivity index (χ1) is 32.0. The summed E-state index contributed by atoms with van der Waals surface area (Å²) >= 11 is 0. The highest BCUT2D eigenvalue weighted by Gasteiger charge is 2.24. The number of nitrogens with one attached hydrogen (secondary N) is 1. The summed E-state index contributed by atoms with van der Waals surface area (Å²) in [6, 6.07) is -0.719. The van der Waals surface area contributed by atoms with Crippen molar-refractivity contribution in [2.45, 2.75) is 309 Å². The summed E-state index contributed by atoms with van der Waals surface area (Å²) < 4.78 is 5.92. The van der Waals surface area contributed by atoms with Crippen LogP contribution in [-0.2, 0) is 14.3 Å². The van der Waals surface area contributed by atoms with Crippen LogP contribution in [-0.4, -0.2) is 46.9 Å². The predicted molar refractivity (Wildman–Crippen MR) is 282 cm³/mol. The molecule has 1 amide bonds. The molecule has 0 bridgehead atoms. The van der Waals surface area contributed by atoms with Gasteiger partial charge in [0, 0.05) is 6.42 Å². The van der Waals surface area contributed by atoms with E-state index in [2.05, 4.69) is 74.7 Å². The first-order valence-corrected chi connectivity index (χ1v) is 28.4. The third-order valence-electron chi connectivity index (χ3n) is 12.9. The van der Waals surface area contributed by atoms with Gasteiger partial charge in [-0.25, -0.2) is 0 Å². The fraction of sp³-hybridized carbons (Fsp3) is 0.831. The molecule has 3 N–H and O–H groups in total. The number of unbranched alkanes of at least 4 members (excludes halogenated alkanes) is 33. The highest BCUT2D eigenvalue weighted by Crippen LogP contribution is 2.17. The number of allylic oxidation sites excluding steroid dienone is 8. The number of ether oxygens (including phenoxy) is 1. The quantitative estimate of drug-likeness (QED) is 0.0321. The average Bonchev–Trinajstić information content (AvgIpc) is 3.30. The Kier molecular flexibility index (Phi) is 51.0. The molecule has 0 aromatic heterocycles. The summed E-state index contributed by atoms with van der Waals surface area (Å²) in [6.45, 7) is 6.48. The van der Waals surface area contributed by atoms with Crippen molar-refractivity contribution in [1.82, 2.24) is 5.32 Å². The van der Waals surface area contributed by atoms with Crippen LogP contribution in [0.3, 0.4) is 0 Å². The largest absolute Gasteiger partial charge is 0.462 e. The second-order valence-corrected chi connectivity index (χ2v) is 19.4. The van der Waals surface area contributed by atoms with E-state index in [1.165, 1.54) is 167 Å². The predicted octanol–water partition coefficient (Wildman–Crippen LogP) is 17.4. The minimum Gasteiger partial charge on any atom is -0.462 e. The standard InChI is InChI=1S/C59H109NO5/c1-4-7-10-13-16-19-22-25-28-29-30-31-34-37-40-43-46-49-52-59(64)65-55(50-47-44-41-38-35-32-26-23-20-17-14-11-8-5-2)53-58(63)60-56(54-61)57(62)51-48-45-42-39-36-33-27-24-21-18-15-12-9-6-3/h28-32,35,38,41,55-57,61-62H,4-27,33-34,36-37,39-40,42-54H2,1-3H3,(H,60,63)/b29-28+,31-30+,35-32+,41-38+. The molecule has 0 fully saturated rings. The average molecular weight is 913 g/mol. The SMILES string of the molecule is CCCCCCCCC/C=C/C=C/CCCCCCCC(=O)OC(CCC/C=C/C=C/CCCCCCCCC)CC(=O)NC(CO)C(O)CCCCCCCCCCCCCCCC. The van der Waals surface area contributed by atoms with Crippen molar-refractivity contribution < 1.29 is 24.5 Å². The molecule has 3 atom stereocenters. The molecule has 0 radical (unpaired) electrons. The Morgan fingerprint density at radius 1 is 0.446 bits per heavy atom. The number of carbonyl (C=O) groups excluding carboxylic acids is 2. The van der Waals surface area contributed by atoms with Gasteiger partial charge in [0.2, 0.25) is 5.91 Å². The minimum absolute atomic E-state index is 0.0394. The molecule has 0 aromatic carbocycles. The third-order valence-corrected chi connectivity index (χ3v) is 12.9. The van der Waals surface area contributed by atoms with Crippen LogP contribution in [0, 0.1) is 0 Å². The molecule has 0 rings (SSSR count). The summed E-state index contributed by atoms with van der Waals surface area (Å²) in [7, 11) is 0. The summed E-state index contributed by atoms with van der Waals surface area (Å²) in [6.07, 6.45) is 64.6. The van der Waals surface area contributed by atoms with Gasteiger partial charge in [0.25, 0.3) is 0 Å². The Morgan fingerprint density at radius 2 is 0.785 bits per heavy atom. The molecule has 0 saturated heterocycles. The van der Waals surface area contributed by atoms with Crippen LogP contribution >= 0.6 is 0 Å². The van der Waals surface area contributed by atoms with Gasteiger partial charge in [-0.2, -0.15) is 0 Å². The van der Waals surface area contributed by atoms with E-state index in [0.29, 0.717) is 19.3 Å². The van der Waals surface area contributed by atoms with E-state index in [9.17, 15) is 19.8 Å². The highest BCUT2D eigenvalue weighted by atomic mass is 16.5. The first-order valence-electron chi connectivity index (χ1n) is 28.4. The highest BCUT2D eigenvalue weighted by molar-refractivity contribution is 5.77. The number of amides is 1. The van der Waals surface area contributed by atoms with E-state index in [0.717, 1.165) is 77.0 Å². The van der Waals surface area contributed by atoms with E-state index in [1.807, 2.05) is 0 Å². The van der Waals surface area contributed by atoms with Gasteiger partial charge >= 0.3 is 5.97 Å². The van der Waals surface area contributed by atoms with Crippen molar-refractivity contribution in [3.05, 3.63) is 48.6 Å². The van der Waals surface area contributed by atoms with Gasteiger partial charge < -0.3 is 20.3 Å². The van der Waals surface area contributed by atoms with Crippen molar-refractivity contribution in [2.24, 2.45) is 0 Å². The van der Waals surface area contributed by atoms with Crippen molar-refractivity contribution in [1.29, 1.82) is 0 Å². The van der Waals surface area contributed by atoms with Gasteiger partial charge in [-0.3, -0.25) is 9.59 Å². The van der Waals surface area contributed by atoms with Crippen LogP contribution in [0.5, 0.6) is 0 Å². The van der Waals surface area contributed by atoms with E-state index < -0.39 is 18.2 Å². The Morgan fingerprint density at radius 3 is 1.17 bits per heavy atom. The van der Waals surface area contributed by atoms with Crippen LogP contribution in [0.15, 0.2) is 48.6 Å². The number of hydrogen-bond donors (Lipinski definition) is 3. The zero-order valence-corrected chi connectivity index (χ0v) is 43.4. The number of hydrogen-bond acceptors (Lipinski definition) is 5. The van der Waals surface area contributed by atoms with Crippen LogP contribution in [0.2, 0.25) is 0 Å². The van der Waals surface area contributed by atoms with Crippen LogP contribution in [0.25, 0.3) is 0 Å². The molecule has 0 aliphatic rings. The molecule has 0 aliphatic carbocycles. The minimum atomic E-state index is -0.802. The fourth-order valence-corrected chi connectivity index (χ4v) is 8.60. The van der Waals surface area contributed by atoms with Crippen LogP contribution in [0.4, 0.5) is 0 Å². The van der Waals surface area contributed by atoms with E-state index in [4.69, 9.17) is 4.74 Å². The number of aliphatic hydroxyl groups excluding tert-OH is 2. The maximum absolute atomic E-state index is 13.2. The van der Waals surface area contributed by atoms with Gasteiger partial charge in [0.15, 0.2) is 0 Å². The molecule has 380 valence electrons. The molecule has 65 heavy (non-hydrogen) atoms. The van der Waals surface area contributed by atoms with Crippen molar-refractivity contribution in [3.63, 3.8) is 0 Å². The normalized spacial score (nSPS) is 13.5. The molecule has 6 heteroatoms. The smallest absolute Gasteiger partial charge is 0.306 e. The van der Waals surface area contributed by atoms with E-state index in [-0.39, 0.29) is 24.9 Å². The lowest BCUT2D eigenvalue weighted by Gasteiger charge is -2.24. The van der Waals surface area contributed by atoms with Crippen LogP contribution in [0.1, 0.15) is 290 Å². The van der Waals surface area contributed by atoms with Gasteiger partial charge in [-0.05, 0) is 70.6 Å². The van der Waals surface area contributed by atoms with Crippen molar-refractivity contribution in [2.75, 3.05) is 6.61 Å². The topological polar surface area (TPSA) is 95.9 Å². The molecule has 6 nitrogen and oxygen atoms in total. The van der Waals surface area contributed by atoms with Gasteiger partial charge in [0.05, 0.1) is 25.2 Å². The Bertz CT molecular complexity index is 1110. The fourth-order valence-electron chi connectivity index (χ4n) is 8.60. The zero-order chi connectivity index (χ0) is 47.4. The molecule has 0 aromatic rings. The number of esters is 1. The molecule has 0 saturated carbocycles. The molecular formula is C59H109NO5. The van der Waals surface area contributed by atoms with Crippen molar-refractivity contribution >= 4 is 11.9 Å². The maximum Gasteiger partial charge on any atom is 0.306 e. The lowest BCUT2D eigenvalue weighted by molar-refractivity contribution is -0.151. The molecule has 0 spiro atoms. The van der Waals surface area contributed by atoms with E-state index >= 15 is 0 Å². The molecule has 0 aliphatic heterocycles. The molecule has 3 unspecified atom stereocenters. The third kappa shape index (κ3) is 48.1. The van der Waals surface area contributed by atoms with Gasteiger partial charge in [-0.15, -0.1) is 0 Å². The maximum atomic E-state index is 13.2. The zero-order valence-electron chi connectivity index (χ0n) is 43.4. The lowest BCUT2D eigenvalue weighted by Crippen LogP contribution is -2.46. The lowest BCUT2D eigenvalue weighted by atomic mass is 10.0. The van der Waals surface area contributed by atoms with Crippen LogP contribution < -0.4 is 5.32 Å². The first kappa shape index (κ1) is 62.8. The monoisotopic (exact) mass is 912 g/mol. The number of aliphatic hydroxyl groups is 2. The summed E-state index contributed by atoms with van der Waals surface area (Å²) in [5.74, 6) is -0.530. The summed E-state index contributed by atoms with van der Waals surface area (Å²) in [5, 5.41) is 23.8. The Labute approximate surface area is 404 Å². The summed E-state index contributed by atoms with van der Waals surface area (Å²) in [5.41, 5.74) is 0.